The van der Waals surface area contributed by atoms with E-state index in [1.807, 2.05) is 31.2 Å². The summed E-state index contributed by atoms with van der Waals surface area (Å²) in [6, 6.07) is 16.0. The molecule has 2 aromatic rings. The minimum Gasteiger partial charge on any atom is -0.481 e. The molecule has 0 spiro atoms. The van der Waals surface area contributed by atoms with Crippen molar-refractivity contribution in [2.45, 2.75) is 46.3 Å². The van der Waals surface area contributed by atoms with Crippen LogP contribution in [0.15, 0.2) is 48.5 Å². The van der Waals surface area contributed by atoms with Crippen molar-refractivity contribution < 1.29 is 9.53 Å². The van der Waals surface area contributed by atoms with Gasteiger partial charge in [0.2, 0.25) is 0 Å². The normalized spacial score (nSPS) is 13.2. The number of hydrogen-bond acceptors (Lipinski definition) is 2. The summed E-state index contributed by atoms with van der Waals surface area (Å²) in [7, 11) is 0. The zero-order valence-electron chi connectivity index (χ0n) is 14.3. The molecule has 122 valence electrons. The molecule has 2 rings (SSSR count). The van der Waals surface area contributed by atoms with Crippen LogP contribution >= 0.6 is 0 Å². The molecule has 0 aromatic heterocycles. The average Bonchev–Trinajstić information content (AvgIpc) is 2.55. The molecule has 1 amide bonds. The Bertz CT molecular complexity index is 632. The van der Waals surface area contributed by atoms with Crippen molar-refractivity contribution in [3.63, 3.8) is 0 Å². The van der Waals surface area contributed by atoms with Crippen LogP contribution in [0.3, 0.4) is 0 Å². The molecule has 23 heavy (non-hydrogen) atoms. The molecule has 0 aliphatic carbocycles. The molecule has 0 fully saturated rings. The lowest BCUT2D eigenvalue weighted by molar-refractivity contribution is -0.128. The molecule has 0 radical (unpaired) electrons. The number of rotatable bonds is 6. The first-order valence-electron chi connectivity index (χ1n) is 8.10. The summed E-state index contributed by atoms with van der Waals surface area (Å²) in [6.07, 6.45) is 0.309. The van der Waals surface area contributed by atoms with Crippen molar-refractivity contribution in [3.8, 4) is 5.75 Å². The van der Waals surface area contributed by atoms with Crippen LogP contribution in [-0.2, 0) is 4.79 Å². The van der Waals surface area contributed by atoms with Gasteiger partial charge in [0.15, 0.2) is 6.10 Å². The molecule has 0 saturated heterocycles. The monoisotopic (exact) mass is 311 g/mol. The van der Waals surface area contributed by atoms with Crippen molar-refractivity contribution >= 4 is 5.91 Å². The van der Waals surface area contributed by atoms with E-state index in [2.05, 4.69) is 43.4 Å². The van der Waals surface area contributed by atoms with Crippen LogP contribution in [0, 0.1) is 13.8 Å². The van der Waals surface area contributed by atoms with Gasteiger partial charge in [-0.15, -0.1) is 0 Å². The third kappa shape index (κ3) is 4.85. The van der Waals surface area contributed by atoms with Crippen LogP contribution in [0.2, 0.25) is 0 Å². The van der Waals surface area contributed by atoms with Gasteiger partial charge in [-0.2, -0.15) is 0 Å². The Hall–Kier alpha value is -2.29. The Morgan fingerprint density at radius 2 is 1.52 bits per heavy atom. The largest absolute Gasteiger partial charge is 0.481 e. The first-order valence-corrected chi connectivity index (χ1v) is 8.10. The predicted octanol–water partition coefficient (Wildman–Crippen LogP) is 4.34. The molecule has 3 heteroatoms. The Morgan fingerprint density at radius 1 is 1.00 bits per heavy atom. The Labute approximate surface area is 138 Å². The average molecular weight is 311 g/mol. The van der Waals surface area contributed by atoms with Crippen LogP contribution in [0.4, 0.5) is 0 Å². The topological polar surface area (TPSA) is 38.3 Å². The minimum atomic E-state index is -0.530. The van der Waals surface area contributed by atoms with Crippen LogP contribution in [0.5, 0.6) is 5.75 Å². The van der Waals surface area contributed by atoms with E-state index < -0.39 is 6.10 Å². The van der Waals surface area contributed by atoms with E-state index in [0.717, 1.165) is 12.0 Å². The molecule has 2 atom stereocenters. The van der Waals surface area contributed by atoms with E-state index in [0.29, 0.717) is 5.75 Å². The fraction of sp³-hybridized carbons (Fsp3) is 0.350. The maximum absolute atomic E-state index is 12.4. The van der Waals surface area contributed by atoms with Gasteiger partial charge in [-0.3, -0.25) is 4.79 Å². The van der Waals surface area contributed by atoms with Crippen LogP contribution in [-0.4, -0.2) is 12.0 Å². The highest BCUT2D eigenvalue weighted by molar-refractivity contribution is 5.81. The van der Waals surface area contributed by atoms with Gasteiger partial charge in [0.25, 0.3) is 5.91 Å². The highest BCUT2D eigenvalue weighted by Gasteiger charge is 2.19. The van der Waals surface area contributed by atoms with Gasteiger partial charge in [0.1, 0.15) is 5.75 Å². The van der Waals surface area contributed by atoms with Crippen LogP contribution in [0.1, 0.15) is 43.0 Å². The summed E-state index contributed by atoms with van der Waals surface area (Å²) >= 11 is 0. The lowest BCUT2D eigenvalue weighted by Crippen LogP contribution is -2.38. The van der Waals surface area contributed by atoms with Crippen molar-refractivity contribution in [2.24, 2.45) is 0 Å². The van der Waals surface area contributed by atoms with E-state index >= 15 is 0 Å². The number of benzene rings is 2. The fourth-order valence-electron chi connectivity index (χ4n) is 2.38. The number of nitrogens with one attached hydrogen (secondary N) is 1. The third-order valence-corrected chi connectivity index (χ3v) is 3.91. The van der Waals surface area contributed by atoms with Gasteiger partial charge in [-0.05, 0) is 44.9 Å². The van der Waals surface area contributed by atoms with Crippen molar-refractivity contribution in [2.75, 3.05) is 0 Å². The van der Waals surface area contributed by atoms with Crippen LogP contribution in [0.25, 0.3) is 0 Å². The molecule has 0 unspecified atom stereocenters. The van der Waals surface area contributed by atoms with Gasteiger partial charge < -0.3 is 10.1 Å². The molecule has 3 nitrogen and oxygen atoms in total. The first-order chi connectivity index (χ1) is 11.0. The fourth-order valence-corrected chi connectivity index (χ4v) is 2.38. The van der Waals surface area contributed by atoms with E-state index in [9.17, 15) is 4.79 Å². The third-order valence-electron chi connectivity index (χ3n) is 3.91. The first kappa shape index (κ1) is 17.1. The summed E-state index contributed by atoms with van der Waals surface area (Å²) in [4.78, 5) is 12.4. The number of carbonyl (C=O) groups is 1. The summed E-state index contributed by atoms with van der Waals surface area (Å²) in [6.45, 7) is 7.92. The maximum Gasteiger partial charge on any atom is 0.261 e. The molecular weight excluding hydrogens is 286 g/mol. The summed E-state index contributed by atoms with van der Waals surface area (Å²) in [5.74, 6) is 0.611. The van der Waals surface area contributed by atoms with Crippen molar-refractivity contribution in [1.29, 1.82) is 0 Å². The van der Waals surface area contributed by atoms with Crippen LogP contribution < -0.4 is 10.1 Å². The number of amides is 1. The van der Waals surface area contributed by atoms with Gasteiger partial charge in [0.05, 0.1) is 6.04 Å². The summed E-state index contributed by atoms with van der Waals surface area (Å²) in [5, 5.41) is 3.07. The number of carbonyl (C=O) groups excluding carboxylic acids is 1. The summed E-state index contributed by atoms with van der Waals surface area (Å²) < 4.78 is 5.72. The molecule has 0 aliphatic heterocycles. The van der Waals surface area contributed by atoms with Crippen molar-refractivity contribution in [1.82, 2.24) is 5.32 Å². The zero-order chi connectivity index (χ0) is 16.8. The molecule has 0 aliphatic rings. The second-order valence-corrected chi connectivity index (χ2v) is 5.95. The molecule has 0 bridgehead atoms. The SMILES string of the molecule is CC[C@H](NC(=O)[C@@H](C)Oc1ccc(C)cc1)c1ccc(C)cc1. The Balaban J connectivity index is 1.98. The maximum atomic E-state index is 12.4. The van der Waals surface area contributed by atoms with E-state index in [-0.39, 0.29) is 11.9 Å². The van der Waals surface area contributed by atoms with Gasteiger partial charge in [0, 0.05) is 0 Å². The molecule has 0 heterocycles. The zero-order valence-corrected chi connectivity index (χ0v) is 14.3. The van der Waals surface area contributed by atoms with Crippen molar-refractivity contribution in [3.05, 3.63) is 65.2 Å². The number of hydrogen-bond donors (Lipinski definition) is 1. The lowest BCUT2D eigenvalue weighted by atomic mass is 10.0. The smallest absolute Gasteiger partial charge is 0.261 e. The standard InChI is InChI=1S/C20H25NO2/c1-5-19(17-10-6-14(2)7-11-17)21-20(22)16(4)23-18-12-8-15(3)9-13-18/h6-13,16,19H,5H2,1-4H3,(H,21,22)/t16-,19+/m1/s1. The molecular formula is C20H25NO2. The quantitative estimate of drug-likeness (QED) is 0.862. The van der Waals surface area contributed by atoms with Gasteiger partial charge in [-0.25, -0.2) is 0 Å². The minimum absolute atomic E-state index is 0.00664. The highest BCUT2D eigenvalue weighted by atomic mass is 16.5. The van der Waals surface area contributed by atoms with E-state index in [4.69, 9.17) is 4.74 Å². The van der Waals surface area contributed by atoms with Gasteiger partial charge >= 0.3 is 0 Å². The second-order valence-electron chi connectivity index (χ2n) is 5.95. The highest BCUT2D eigenvalue weighted by Crippen LogP contribution is 2.18. The number of ether oxygens (including phenoxy) is 1. The van der Waals surface area contributed by atoms with E-state index in [1.54, 1.807) is 6.92 Å². The molecule has 0 saturated carbocycles. The lowest BCUT2D eigenvalue weighted by Gasteiger charge is -2.21. The second kappa shape index (κ2) is 7.82. The number of aryl methyl sites for hydroxylation is 2. The summed E-state index contributed by atoms with van der Waals surface area (Å²) in [5.41, 5.74) is 3.50. The molecule has 1 N–H and O–H groups in total. The van der Waals surface area contributed by atoms with E-state index in [1.165, 1.54) is 11.1 Å². The Morgan fingerprint density at radius 3 is 2.04 bits per heavy atom. The Kier molecular flexibility index (Phi) is 5.80. The predicted molar refractivity (Wildman–Crippen MR) is 93.6 cm³/mol. The van der Waals surface area contributed by atoms with Gasteiger partial charge in [-0.1, -0.05) is 54.4 Å². The molecule has 2 aromatic carbocycles.